The molecule has 2 fully saturated rings. The number of nitrogens with zero attached hydrogens (tertiary/aromatic N) is 2. The third kappa shape index (κ3) is 3.59. The first-order valence-corrected chi connectivity index (χ1v) is 9.96. The van der Waals surface area contributed by atoms with Crippen molar-refractivity contribution in [2.24, 2.45) is 0 Å². The lowest BCUT2D eigenvalue weighted by Crippen LogP contribution is -2.47. The molecule has 28 heavy (non-hydrogen) atoms. The molecule has 2 saturated heterocycles. The summed E-state index contributed by atoms with van der Waals surface area (Å²) >= 11 is 0. The van der Waals surface area contributed by atoms with Crippen LogP contribution in [0.25, 0.3) is 0 Å². The smallest absolute Gasteiger partial charge is 0.257 e. The number of para-hydroxylation sites is 2. The number of likely N-dealkylation sites (N-methyl/N-ethyl adjacent to an activating group) is 1. The lowest BCUT2D eigenvalue weighted by atomic mass is 9.87. The van der Waals surface area contributed by atoms with Crippen molar-refractivity contribution in [3.63, 3.8) is 0 Å². The SMILES string of the molecule is COc1ccccc1C(=O)N1CCC2(CC1)CC(N(C)c1ccccc1)CO2. The molecule has 1 spiro atoms. The standard InChI is InChI=1S/C23H28N2O3/c1-24(18-8-4-3-5-9-18)19-16-23(28-17-19)12-14-25(15-13-23)22(26)20-10-6-7-11-21(20)27-2/h3-11,19H,12-17H2,1-2H3. The summed E-state index contributed by atoms with van der Waals surface area (Å²) in [6.45, 7) is 2.18. The van der Waals surface area contributed by atoms with Crippen molar-refractivity contribution in [2.75, 3.05) is 38.8 Å². The Labute approximate surface area is 166 Å². The molecule has 0 saturated carbocycles. The number of likely N-dealkylation sites (tertiary alicyclic amines) is 1. The Morgan fingerprint density at radius 1 is 1.11 bits per heavy atom. The monoisotopic (exact) mass is 380 g/mol. The van der Waals surface area contributed by atoms with Gasteiger partial charge in [-0.2, -0.15) is 0 Å². The molecule has 2 aliphatic rings. The van der Waals surface area contributed by atoms with Crippen LogP contribution < -0.4 is 9.64 Å². The van der Waals surface area contributed by atoms with Crippen LogP contribution >= 0.6 is 0 Å². The summed E-state index contributed by atoms with van der Waals surface area (Å²) in [5.41, 5.74) is 1.75. The molecule has 0 bridgehead atoms. The minimum Gasteiger partial charge on any atom is -0.496 e. The van der Waals surface area contributed by atoms with Crippen LogP contribution in [-0.2, 0) is 4.74 Å². The largest absolute Gasteiger partial charge is 0.496 e. The lowest BCUT2D eigenvalue weighted by Gasteiger charge is -2.39. The number of hydrogen-bond acceptors (Lipinski definition) is 4. The van der Waals surface area contributed by atoms with Crippen LogP contribution in [0.1, 0.15) is 29.6 Å². The van der Waals surface area contributed by atoms with Crippen LogP contribution in [0.3, 0.4) is 0 Å². The first-order valence-electron chi connectivity index (χ1n) is 9.96. The van der Waals surface area contributed by atoms with E-state index in [0.717, 1.165) is 39.0 Å². The van der Waals surface area contributed by atoms with E-state index < -0.39 is 0 Å². The second kappa shape index (κ2) is 7.84. The fourth-order valence-corrected chi connectivity index (χ4v) is 4.40. The molecule has 1 atom stereocenters. The summed E-state index contributed by atoms with van der Waals surface area (Å²) in [7, 11) is 3.75. The Hall–Kier alpha value is -2.53. The molecule has 1 amide bonds. The van der Waals surface area contributed by atoms with E-state index in [2.05, 4.69) is 36.2 Å². The Kier molecular flexibility index (Phi) is 5.27. The van der Waals surface area contributed by atoms with Gasteiger partial charge in [0.2, 0.25) is 0 Å². The predicted octanol–water partition coefficient (Wildman–Crippen LogP) is 3.60. The van der Waals surface area contributed by atoms with Gasteiger partial charge >= 0.3 is 0 Å². The van der Waals surface area contributed by atoms with Crippen molar-refractivity contribution < 1.29 is 14.3 Å². The lowest BCUT2D eigenvalue weighted by molar-refractivity contribution is -0.0388. The molecule has 2 aromatic rings. The maximum atomic E-state index is 12.9. The van der Waals surface area contributed by atoms with Gasteiger partial charge in [0.1, 0.15) is 5.75 Å². The second-order valence-electron chi connectivity index (χ2n) is 7.79. The third-order valence-electron chi connectivity index (χ3n) is 6.20. The highest BCUT2D eigenvalue weighted by atomic mass is 16.5. The quantitative estimate of drug-likeness (QED) is 0.813. The van der Waals surface area contributed by atoms with Crippen molar-refractivity contribution in [3.8, 4) is 5.75 Å². The number of amides is 1. The Bertz CT molecular complexity index is 816. The highest BCUT2D eigenvalue weighted by Gasteiger charge is 2.44. The van der Waals surface area contributed by atoms with E-state index in [4.69, 9.17) is 9.47 Å². The molecule has 1 unspecified atom stereocenters. The Balaban J connectivity index is 1.38. The first kappa shape index (κ1) is 18.8. The van der Waals surface area contributed by atoms with Crippen molar-refractivity contribution >= 4 is 11.6 Å². The zero-order valence-corrected chi connectivity index (χ0v) is 16.6. The number of benzene rings is 2. The van der Waals surface area contributed by atoms with E-state index in [1.807, 2.05) is 35.2 Å². The maximum Gasteiger partial charge on any atom is 0.257 e. The van der Waals surface area contributed by atoms with Gasteiger partial charge in [-0.25, -0.2) is 0 Å². The van der Waals surface area contributed by atoms with Gasteiger partial charge in [-0.15, -0.1) is 0 Å². The second-order valence-corrected chi connectivity index (χ2v) is 7.79. The van der Waals surface area contributed by atoms with Gasteiger partial charge in [-0.1, -0.05) is 30.3 Å². The van der Waals surface area contributed by atoms with Crippen molar-refractivity contribution in [1.82, 2.24) is 4.90 Å². The van der Waals surface area contributed by atoms with E-state index in [9.17, 15) is 4.79 Å². The number of rotatable bonds is 4. The van der Waals surface area contributed by atoms with Crippen LogP contribution in [0.5, 0.6) is 5.75 Å². The highest BCUT2D eigenvalue weighted by Crippen LogP contribution is 2.38. The first-order chi connectivity index (χ1) is 13.6. The summed E-state index contributed by atoms with van der Waals surface area (Å²) in [6, 6.07) is 18.3. The van der Waals surface area contributed by atoms with E-state index in [1.54, 1.807) is 7.11 Å². The Morgan fingerprint density at radius 2 is 1.79 bits per heavy atom. The molecule has 5 heteroatoms. The van der Waals surface area contributed by atoms with Crippen LogP contribution in [0, 0.1) is 0 Å². The molecule has 0 N–H and O–H groups in total. The number of methoxy groups -OCH3 is 1. The molecular weight excluding hydrogens is 352 g/mol. The van der Waals surface area contributed by atoms with Crippen LogP contribution in [0.15, 0.2) is 54.6 Å². The zero-order valence-electron chi connectivity index (χ0n) is 16.6. The number of ether oxygens (including phenoxy) is 2. The highest BCUT2D eigenvalue weighted by molar-refractivity contribution is 5.97. The van der Waals surface area contributed by atoms with Gasteiger partial charge < -0.3 is 19.3 Å². The molecule has 2 aliphatic heterocycles. The average molecular weight is 380 g/mol. The van der Waals surface area contributed by atoms with Gasteiger partial charge in [-0.3, -0.25) is 4.79 Å². The fourth-order valence-electron chi connectivity index (χ4n) is 4.40. The molecule has 2 aromatic carbocycles. The summed E-state index contributed by atoms with van der Waals surface area (Å²) in [6.07, 6.45) is 2.77. The number of carbonyl (C=O) groups excluding carboxylic acids is 1. The van der Waals surface area contributed by atoms with Crippen LogP contribution in [0.2, 0.25) is 0 Å². The molecule has 0 aliphatic carbocycles. The minimum absolute atomic E-state index is 0.0447. The van der Waals surface area contributed by atoms with E-state index >= 15 is 0 Å². The molecule has 0 aromatic heterocycles. The van der Waals surface area contributed by atoms with Crippen molar-refractivity contribution in [3.05, 3.63) is 60.2 Å². The number of hydrogen-bond donors (Lipinski definition) is 0. The van der Waals surface area contributed by atoms with Gasteiger partial charge in [0, 0.05) is 25.8 Å². The van der Waals surface area contributed by atoms with Gasteiger partial charge in [0.15, 0.2) is 0 Å². The number of carbonyl (C=O) groups is 1. The minimum atomic E-state index is -0.106. The molecule has 2 heterocycles. The summed E-state index contributed by atoms with van der Waals surface area (Å²) in [4.78, 5) is 17.2. The molecule has 5 nitrogen and oxygen atoms in total. The fraction of sp³-hybridized carbons (Fsp3) is 0.435. The normalized spacial score (nSPS) is 20.9. The van der Waals surface area contributed by atoms with E-state index in [-0.39, 0.29) is 11.5 Å². The van der Waals surface area contributed by atoms with Gasteiger partial charge in [0.05, 0.1) is 30.9 Å². The van der Waals surface area contributed by atoms with Gasteiger partial charge in [-0.05, 0) is 43.5 Å². The molecule has 0 radical (unpaired) electrons. The maximum absolute atomic E-state index is 12.9. The molecule has 4 rings (SSSR count). The van der Waals surface area contributed by atoms with E-state index in [1.165, 1.54) is 5.69 Å². The van der Waals surface area contributed by atoms with Crippen LogP contribution in [0.4, 0.5) is 5.69 Å². The average Bonchev–Trinajstić information content (AvgIpc) is 3.17. The summed E-state index contributed by atoms with van der Waals surface area (Å²) < 4.78 is 11.7. The number of piperidine rings is 1. The summed E-state index contributed by atoms with van der Waals surface area (Å²) in [5, 5.41) is 0. The Morgan fingerprint density at radius 3 is 2.50 bits per heavy atom. The van der Waals surface area contributed by atoms with Gasteiger partial charge in [0.25, 0.3) is 5.91 Å². The third-order valence-corrected chi connectivity index (χ3v) is 6.20. The van der Waals surface area contributed by atoms with Crippen LogP contribution in [-0.4, -0.2) is 56.3 Å². The van der Waals surface area contributed by atoms with E-state index in [0.29, 0.717) is 17.4 Å². The zero-order chi connectivity index (χ0) is 19.6. The van der Waals surface area contributed by atoms with Crippen molar-refractivity contribution in [1.29, 1.82) is 0 Å². The summed E-state index contributed by atoms with van der Waals surface area (Å²) in [5.74, 6) is 0.678. The van der Waals surface area contributed by atoms with Crippen molar-refractivity contribution in [2.45, 2.75) is 30.9 Å². The predicted molar refractivity (Wildman–Crippen MR) is 110 cm³/mol. The molecule has 148 valence electrons. The number of anilines is 1. The molecular formula is C23H28N2O3. The topological polar surface area (TPSA) is 42.0 Å².